The summed E-state index contributed by atoms with van der Waals surface area (Å²) in [7, 11) is 0. The first-order valence-corrected chi connectivity index (χ1v) is 7.69. The fraction of sp³-hybridized carbons (Fsp3) is 1.00. The molecule has 0 spiro atoms. The summed E-state index contributed by atoms with van der Waals surface area (Å²) in [4.78, 5) is 0. The van der Waals surface area contributed by atoms with Gasteiger partial charge in [-0.05, 0) is 75.3 Å². The van der Waals surface area contributed by atoms with Crippen molar-refractivity contribution >= 4 is 0 Å². The molecule has 2 aliphatic carbocycles. The van der Waals surface area contributed by atoms with Crippen LogP contribution in [-0.4, -0.2) is 19.6 Å². The van der Waals surface area contributed by atoms with Crippen LogP contribution in [-0.2, 0) is 0 Å². The van der Waals surface area contributed by atoms with Crippen LogP contribution >= 0.6 is 0 Å². The topological polar surface area (TPSA) is 38.0 Å². The van der Waals surface area contributed by atoms with Crippen molar-refractivity contribution < 1.29 is 0 Å². The van der Waals surface area contributed by atoms with Gasteiger partial charge in [0.05, 0.1) is 0 Å². The lowest BCUT2D eigenvalue weighted by atomic mass is 9.82. The Kier molecular flexibility index (Phi) is 4.87. The third kappa shape index (κ3) is 3.96. The highest BCUT2D eigenvalue weighted by Crippen LogP contribution is 2.48. The van der Waals surface area contributed by atoms with Crippen molar-refractivity contribution in [2.75, 3.05) is 19.6 Å². The van der Waals surface area contributed by atoms with Gasteiger partial charge < -0.3 is 11.1 Å². The maximum atomic E-state index is 5.73. The Morgan fingerprint density at radius 3 is 2.29 bits per heavy atom. The normalized spacial score (nSPS) is 31.4. The van der Waals surface area contributed by atoms with Crippen molar-refractivity contribution in [1.29, 1.82) is 0 Å². The molecule has 0 aliphatic heterocycles. The zero-order valence-corrected chi connectivity index (χ0v) is 11.5. The highest BCUT2D eigenvalue weighted by molar-refractivity contribution is 4.94. The number of rotatable bonds is 7. The third-order valence-electron chi connectivity index (χ3n) is 4.97. The fourth-order valence-corrected chi connectivity index (χ4v) is 3.44. The molecule has 2 aliphatic rings. The van der Waals surface area contributed by atoms with Crippen LogP contribution in [0.5, 0.6) is 0 Å². The fourth-order valence-electron chi connectivity index (χ4n) is 3.44. The van der Waals surface area contributed by atoms with Gasteiger partial charge in [-0.15, -0.1) is 0 Å². The molecule has 0 unspecified atom stereocenters. The van der Waals surface area contributed by atoms with Crippen molar-refractivity contribution in [1.82, 2.24) is 5.32 Å². The summed E-state index contributed by atoms with van der Waals surface area (Å²) in [6, 6.07) is 0. The van der Waals surface area contributed by atoms with E-state index in [1.807, 2.05) is 0 Å². The van der Waals surface area contributed by atoms with E-state index >= 15 is 0 Å². The van der Waals surface area contributed by atoms with E-state index in [-0.39, 0.29) is 0 Å². The van der Waals surface area contributed by atoms with Crippen LogP contribution in [0, 0.1) is 17.3 Å². The van der Waals surface area contributed by atoms with Crippen LogP contribution in [0.15, 0.2) is 0 Å². The van der Waals surface area contributed by atoms with Crippen LogP contribution < -0.4 is 11.1 Å². The van der Waals surface area contributed by atoms with Gasteiger partial charge in [-0.25, -0.2) is 0 Å². The molecule has 2 saturated carbocycles. The zero-order valence-electron chi connectivity index (χ0n) is 11.5. The Morgan fingerprint density at radius 2 is 1.76 bits per heavy atom. The van der Waals surface area contributed by atoms with Crippen LogP contribution in [0.1, 0.15) is 58.3 Å². The van der Waals surface area contributed by atoms with Crippen LogP contribution in [0.25, 0.3) is 0 Å². The second-order valence-corrected chi connectivity index (χ2v) is 6.50. The predicted octanol–water partition coefficient (Wildman–Crippen LogP) is 2.92. The van der Waals surface area contributed by atoms with Gasteiger partial charge in [0.25, 0.3) is 0 Å². The molecule has 3 N–H and O–H groups in total. The van der Waals surface area contributed by atoms with Crippen LogP contribution in [0.2, 0.25) is 0 Å². The second kappa shape index (κ2) is 6.19. The molecule has 0 aromatic heterocycles. The standard InChI is InChI=1S/C15H30N2/c1-2-7-15(8-9-15)12-17-11-14-5-3-13(10-16)4-6-14/h13-14,17H,2-12,16H2,1H3. The molecular weight excluding hydrogens is 208 g/mol. The molecule has 17 heavy (non-hydrogen) atoms. The zero-order chi connectivity index (χ0) is 12.1. The van der Waals surface area contributed by atoms with E-state index in [0.29, 0.717) is 5.41 Å². The van der Waals surface area contributed by atoms with E-state index in [2.05, 4.69) is 12.2 Å². The van der Waals surface area contributed by atoms with E-state index in [0.717, 1.165) is 18.4 Å². The Balaban J connectivity index is 1.57. The molecule has 0 radical (unpaired) electrons. The first-order chi connectivity index (χ1) is 8.28. The van der Waals surface area contributed by atoms with Crippen LogP contribution in [0.4, 0.5) is 0 Å². The van der Waals surface area contributed by atoms with E-state index in [9.17, 15) is 0 Å². The number of nitrogens with two attached hydrogens (primary N) is 1. The van der Waals surface area contributed by atoms with Crippen molar-refractivity contribution in [2.24, 2.45) is 23.0 Å². The van der Waals surface area contributed by atoms with Gasteiger partial charge in [-0.1, -0.05) is 13.3 Å². The van der Waals surface area contributed by atoms with Gasteiger partial charge in [0.2, 0.25) is 0 Å². The molecule has 2 fully saturated rings. The molecule has 0 atom stereocenters. The van der Waals surface area contributed by atoms with E-state index in [1.165, 1.54) is 64.5 Å². The minimum Gasteiger partial charge on any atom is -0.330 e. The Bertz CT molecular complexity index is 215. The van der Waals surface area contributed by atoms with Crippen molar-refractivity contribution in [3.63, 3.8) is 0 Å². The van der Waals surface area contributed by atoms with Crippen molar-refractivity contribution in [3.05, 3.63) is 0 Å². The van der Waals surface area contributed by atoms with E-state index < -0.39 is 0 Å². The SMILES string of the molecule is CCCC1(CNCC2CCC(CN)CC2)CC1. The van der Waals surface area contributed by atoms with Gasteiger partial charge in [0, 0.05) is 6.54 Å². The predicted molar refractivity (Wildman–Crippen MR) is 73.9 cm³/mol. The van der Waals surface area contributed by atoms with Gasteiger partial charge in [0.15, 0.2) is 0 Å². The molecule has 0 amide bonds. The van der Waals surface area contributed by atoms with Gasteiger partial charge in [-0.2, -0.15) is 0 Å². The lowest BCUT2D eigenvalue weighted by Gasteiger charge is -2.28. The monoisotopic (exact) mass is 238 g/mol. The smallest absolute Gasteiger partial charge is 0.000793 e. The molecule has 0 saturated heterocycles. The summed E-state index contributed by atoms with van der Waals surface area (Å²) in [5.41, 5.74) is 6.44. The Morgan fingerprint density at radius 1 is 1.12 bits per heavy atom. The second-order valence-electron chi connectivity index (χ2n) is 6.50. The third-order valence-corrected chi connectivity index (χ3v) is 4.97. The molecule has 0 aromatic rings. The van der Waals surface area contributed by atoms with Crippen molar-refractivity contribution in [3.8, 4) is 0 Å². The summed E-state index contributed by atoms with van der Waals surface area (Å²) in [5, 5.41) is 3.74. The molecule has 100 valence electrons. The average Bonchev–Trinajstić information content (AvgIpc) is 3.11. The average molecular weight is 238 g/mol. The maximum absolute atomic E-state index is 5.73. The minimum atomic E-state index is 0.712. The summed E-state index contributed by atoms with van der Waals surface area (Å²) < 4.78 is 0. The molecular formula is C15H30N2. The van der Waals surface area contributed by atoms with Crippen molar-refractivity contribution in [2.45, 2.75) is 58.3 Å². The van der Waals surface area contributed by atoms with Gasteiger partial charge in [0.1, 0.15) is 0 Å². The minimum absolute atomic E-state index is 0.712. The number of hydrogen-bond donors (Lipinski definition) is 2. The Hall–Kier alpha value is -0.0800. The molecule has 2 rings (SSSR count). The summed E-state index contributed by atoms with van der Waals surface area (Å²) in [6.45, 7) is 5.74. The summed E-state index contributed by atoms with van der Waals surface area (Å²) in [6.07, 6.45) is 11.2. The highest BCUT2D eigenvalue weighted by atomic mass is 14.9. The summed E-state index contributed by atoms with van der Waals surface area (Å²) >= 11 is 0. The van der Waals surface area contributed by atoms with Crippen LogP contribution in [0.3, 0.4) is 0 Å². The molecule has 2 heteroatoms. The number of nitrogens with one attached hydrogen (secondary N) is 1. The van der Waals surface area contributed by atoms with E-state index in [1.54, 1.807) is 0 Å². The highest BCUT2D eigenvalue weighted by Gasteiger charge is 2.40. The van der Waals surface area contributed by atoms with Gasteiger partial charge in [-0.3, -0.25) is 0 Å². The first kappa shape index (κ1) is 13.4. The molecule has 2 nitrogen and oxygen atoms in total. The lowest BCUT2D eigenvalue weighted by molar-refractivity contribution is 0.266. The quantitative estimate of drug-likeness (QED) is 0.715. The largest absolute Gasteiger partial charge is 0.330 e. The molecule has 0 bridgehead atoms. The molecule has 0 heterocycles. The Labute approximate surface area is 107 Å². The van der Waals surface area contributed by atoms with E-state index in [4.69, 9.17) is 5.73 Å². The number of hydrogen-bond acceptors (Lipinski definition) is 2. The lowest BCUT2D eigenvalue weighted by Crippen LogP contribution is -2.32. The first-order valence-electron chi connectivity index (χ1n) is 7.69. The van der Waals surface area contributed by atoms with Gasteiger partial charge >= 0.3 is 0 Å². The molecule has 0 aromatic carbocycles. The maximum Gasteiger partial charge on any atom is 0.000793 e. The summed E-state index contributed by atoms with van der Waals surface area (Å²) in [5.74, 6) is 1.75.